The van der Waals surface area contributed by atoms with Gasteiger partial charge >= 0.3 is 0 Å². The molecule has 1 aromatic carbocycles. The summed E-state index contributed by atoms with van der Waals surface area (Å²) in [7, 11) is 0. The van der Waals surface area contributed by atoms with Crippen molar-refractivity contribution >= 4 is 17.2 Å². The minimum atomic E-state index is 0.676. The summed E-state index contributed by atoms with van der Waals surface area (Å²) < 4.78 is 4.30. The van der Waals surface area contributed by atoms with Gasteiger partial charge in [0.2, 0.25) is 0 Å². The van der Waals surface area contributed by atoms with Crippen LogP contribution in [0.4, 0.5) is 0 Å². The number of benzene rings is 1. The zero-order valence-electron chi connectivity index (χ0n) is 9.96. The van der Waals surface area contributed by atoms with E-state index in [0.717, 1.165) is 24.3 Å². The Morgan fingerprint density at radius 2 is 1.94 bits per heavy atom. The third kappa shape index (κ3) is 1.91. The number of alkyl halides is 1. The van der Waals surface area contributed by atoms with E-state index in [9.17, 15) is 0 Å². The second kappa shape index (κ2) is 4.86. The molecule has 0 aliphatic carbocycles. The molecule has 2 heterocycles. The summed E-state index contributed by atoms with van der Waals surface area (Å²) in [4.78, 5) is 4.43. The predicted molar refractivity (Wildman–Crippen MR) is 74.0 cm³/mol. The van der Waals surface area contributed by atoms with Gasteiger partial charge in [0, 0.05) is 30.3 Å². The van der Waals surface area contributed by atoms with E-state index in [4.69, 9.17) is 11.6 Å². The molecule has 92 valence electrons. The molecule has 0 N–H and O–H groups in total. The van der Waals surface area contributed by atoms with Crippen LogP contribution >= 0.6 is 11.6 Å². The van der Waals surface area contributed by atoms with Crippen LogP contribution in [0.25, 0.3) is 16.9 Å². The minimum Gasteiger partial charge on any atom is -0.286 e. The van der Waals surface area contributed by atoms with Crippen LogP contribution in [-0.2, 0) is 6.54 Å². The molecule has 0 fully saturated rings. The topological polar surface area (TPSA) is 22.2 Å². The lowest BCUT2D eigenvalue weighted by Gasteiger charge is -2.07. The molecule has 18 heavy (non-hydrogen) atoms. The minimum absolute atomic E-state index is 0.676. The van der Waals surface area contributed by atoms with E-state index in [1.165, 1.54) is 5.56 Å². The van der Waals surface area contributed by atoms with Crippen molar-refractivity contribution in [1.82, 2.24) is 14.2 Å². The fraction of sp³-hybridized carbons (Fsp3) is 0.214. The molecule has 0 spiro atoms. The largest absolute Gasteiger partial charge is 0.286 e. The van der Waals surface area contributed by atoms with Gasteiger partial charge in [-0.1, -0.05) is 30.3 Å². The average Bonchev–Trinajstić information content (AvgIpc) is 2.99. The van der Waals surface area contributed by atoms with Gasteiger partial charge in [0.05, 0.1) is 11.9 Å². The van der Waals surface area contributed by atoms with Crippen molar-refractivity contribution in [2.75, 3.05) is 5.88 Å². The second-order valence-electron chi connectivity index (χ2n) is 4.20. The first kappa shape index (κ1) is 11.4. The number of halogens is 1. The first-order chi connectivity index (χ1) is 8.90. The molecule has 0 radical (unpaired) electrons. The fourth-order valence-electron chi connectivity index (χ4n) is 2.17. The first-order valence-corrected chi connectivity index (χ1v) is 6.58. The molecule has 0 aliphatic rings. The van der Waals surface area contributed by atoms with Crippen molar-refractivity contribution in [1.29, 1.82) is 0 Å². The molecule has 0 aliphatic heterocycles. The normalized spacial score (nSPS) is 11.2. The second-order valence-corrected chi connectivity index (χ2v) is 4.58. The number of hydrogen-bond donors (Lipinski definition) is 0. The third-order valence-electron chi connectivity index (χ3n) is 3.01. The number of aryl methyl sites for hydroxylation is 1. The number of aromatic nitrogens is 3. The lowest BCUT2D eigenvalue weighted by atomic mass is 10.2. The Hall–Kier alpha value is -1.74. The van der Waals surface area contributed by atoms with Crippen molar-refractivity contribution in [2.24, 2.45) is 0 Å². The van der Waals surface area contributed by atoms with E-state index < -0.39 is 0 Å². The summed E-state index contributed by atoms with van der Waals surface area (Å²) >= 11 is 5.76. The number of fused-ring (bicyclic) bond motifs is 1. The van der Waals surface area contributed by atoms with Gasteiger partial charge in [0.1, 0.15) is 0 Å². The summed E-state index contributed by atoms with van der Waals surface area (Å²) in [5.41, 5.74) is 3.27. The van der Waals surface area contributed by atoms with Gasteiger partial charge in [0.25, 0.3) is 0 Å². The van der Waals surface area contributed by atoms with Crippen molar-refractivity contribution in [3.8, 4) is 11.3 Å². The zero-order chi connectivity index (χ0) is 12.4. The van der Waals surface area contributed by atoms with Crippen LogP contribution < -0.4 is 0 Å². The van der Waals surface area contributed by atoms with E-state index in [1.807, 2.05) is 30.5 Å². The molecule has 0 saturated heterocycles. The number of nitrogens with zero attached hydrogens (tertiary/aromatic N) is 3. The summed E-state index contributed by atoms with van der Waals surface area (Å²) in [5, 5.41) is 0. The molecule has 0 amide bonds. The molecular formula is C14H14ClN3. The third-order valence-corrected chi connectivity index (χ3v) is 3.27. The standard InChI is InChI=1S/C14H14ClN3/c15-8-4-9-17-10-7-14-16-11-13(18(14)17)12-5-2-1-3-6-12/h1-3,5-7,10-11H,4,8-9H2. The zero-order valence-corrected chi connectivity index (χ0v) is 10.7. The van der Waals surface area contributed by atoms with Gasteiger partial charge in [0.15, 0.2) is 5.65 Å². The maximum absolute atomic E-state index is 5.76. The van der Waals surface area contributed by atoms with E-state index in [1.54, 1.807) is 0 Å². The smallest absolute Gasteiger partial charge is 0.153 e. The Labute approximate surface area is 111 Å². The SMILES string of the molecule is ClCCCn1ccc2ncc(-c3ccccc3)n21. The van der Waals surface area contributed by atoms with Gasteiger partial charge < -0.3 is 0 Å². The highest BCUT2D eigenvalue weighted by atomic mass is 35.5. The molecule has 3 aromatic rings. The highest BCUT2D eigenvalue weighted by Crippen LogP contribution is 2.20. The molecule has 4 heteroatoms. The van der Waals surface area contributed by atoms with E-state index >= 15 is 0 Å². The molecule has 0 atom stereocenters. The lowest BCUT2D eigenvalue weighted by molar-refractivity contribution is 0.576. The maximum atomic E-state index is 5.76. The number of imidazole rings is 1. The van der Waals surface area contributed by atoms with Crippen LogP contribution in [0, 0.1) is 0 Å². The summed E-state index contributed by atoms with van der Waals surface area (Å²) in [6, 6.07) is 12.3. The Morgan fingerprint density at radius 1 is 1.11 bits per heavy atom. The molecular weight excluding hydrogens is 246 g/mol. The quantitative estimate of drug-likeness (QED) is 0.658. The Balaban J connectivity index is 2.09. The van der Waals surface area contributed by atoms with Crippen LogP contribution in [0.15, 0.2) is 48.8 Å². The Morgan fingerprint density at radius 3 is 2.72 bits per heavy atom. The summed E-state index contributed by atoms with van der Waals surface area (Å²) in [6.07, 6.45) is 4.93. The highest BCUT2D eigenvalue weighted by Gasteiger charge is 2.09. The van der Waals surface area contributed by atoms with Gasteiger partial charge in [-0.05, 0) is 6.42 Å². The van der Waals surface area contributed by atoms with Gasteiger partial charge in [-0.3, -0.25) is 4.68 Å². The van der Waals surface area contributed by atoms with Gasteiger partial charge in [-0.15, -0.1) is 11.6 Å². The fourth-order valence-corrected chi connectivity index (χ4v) is 2.28. The molecule has 0 bridgehead atoms. The summed E-state index contributed by atoms with van der Waals surface area (Å²) in [6.45, 7) is 0.906. The van der Waals surface area contributed by atoms with E-state index in [2.05, 4.69) is 32.5 Å². The van der Waals surface area contributed by atoms with Crippen LogP contribution in [0.3, 0.4) is 0 Å². The van der Waals surface area contributed by atoms with Crippen LogP contribution in [-0.4, -0.2) is 20.1 Å². The lowest BCUT2D eigenvalue weighted by Crippen LogP contribution is -2.06. The summed E-state index contributed by atoms with van der Waals surface area (Å²) in [5.74, 6) is 0.676. The Bertz CT molecular complexity index is 639. The monoisotopic (exact) mass is 259 g/mol. The van der Waals surface area contributed by atoms with Crippen molar-refractivity contribution in [3.05, 3.63) is 48.8 Å². The van der Waals surface area contributed by atoms with Crippen molar-refractivity contribution in [2.45, 2.75) is 13.0 Å². The molecule has 2 aromatic heterocycles. The van der Waals surface area contributed by atoms with Crippen molar-refractivity contribution < 1.29 is 0 Å². The van der Waals surface area contributed by atoms with Crippen LogP contribution in [0.5, 0.6) is 0 Å². The predicted octanol–water partition coefficient (Wildman–Crippen LogP) is 3.43. The Kier molecular flexibility index (Phi) is 3.07. The maximum Gasteiger partial charge on any atom is 0.153 e. The molecule has 3 nitrogen and oxygen atoms in total. The van der Waals surface area contributed by atoms with E-state index in [-0.39, 0.29) is 0 Å². The highest BCUT2D eigenvalue weighted by molar-refractivity contribution is 6.17. The molecule has 0 saturated carbocycles. The first-order valence-electron chi connectivity index (χ1n) is 6.04. The molecule has 3 rings (SSSR count). The van der Waals surface area contributed by atoms with Crippen LogP contribution in [0.1, 0.15) is 6.42 Å². The van der Waals surface area contributed by atoms with Gasteiger partial charge in [-0.2, -0.15) is 0 Å². The molecule has 0 unspecified atom stereocenters. The number of hydrogen-bond acceptors (Lipinski definition) is 1. The number of rotatable bonds is 4. The van der Waals surface area contributed by atoms with E-state index in [0.29, 0.717) is 5.88 Å². The van der Waals surface area contributed by atoms with Gasteiger partial charge in [-0.25, -0.2) is 9.50 Å². The van der Waals surface area contributed by atoms with Crippen LogP contribution in [0.2, 0.25) is 0 Å². The average molecular weight is 260 g/mol. The van der Waals surface area contributed by atoms with Crippen molar-refractivity contribution in [3.63, 3.8) is 0 Å².